The van der Waals surface area contributed by atoms with Crippen molar-refractivity contribution in [1.29, 1.82) is 0 Å². The lowest BCUT2D eigenvalue weighted by molar-refractivity contribution is 1.03. The van der Waals surface area contributed by atoms with Crippen molar-refractivity contribution in [3.05, 3.63) is 24.4 Å². The van der Waals surface area contributed by atoms with Gasteiger partial charge < -0.3 is 5.32 Å². The highest BCUT2D eigenvalue weighted by molar-refractivity contribution is 5.87. The number of aliphatic imine (C=N–C) groups is 2. The first-order valence-corrected chi connectivity index (χ1v) is 4.35. The van der Waals surface area contributed by atoms with Gasteiger partial charge in [-0.3, -0.25) is 0 Å². The number of hydrogen-bond acceptors (Lipinski definition) is 1. The molecule has 1 N–H and O–H groups in total. The summed E-state index contributed by atoms with van der Waals surface area (Å²) in [7, 11) is 1.80. The SMILES string of the molecule is C=C/C=C(CC)/N=C(\N=C/C)NC. The van der Waals surface area contributed by atoms with Crippen molar-refractivity contribution >= 4 is 12.2 Å². The molecule has 3 heteroatoms. The highest BCUT2D eigenvalue weighted by Crippen LogP contribution is 2.02. The molecule has 0 saturated heterocycles. The molecule has 0 saturated carbocycles. The molecule has 13 heavy (non-hydrogen) atoms. The first-order valence-electron chi connectivity index (χ1n) is 4.35. The van der Waals surface area contributed by atoms with E-state index in [1.54, 1.807) is 19.3 Å². The van der Waals surface area contributed by atoms with Crippen LogP contribution >= 0.6 is 0 Å². The predicted octanol–water partition coefficient (Wildman–Crippen LogP) is 2.13. The van der Waals surface area contributed by atoms with Gasteiger partial charge in [0, 0.05) is 19.0 Å². The minimum Gasteiger partial charge on any atom is -0.357 e. The first-order chi connectivity index (χ1) is 6.28. The summed E-state index contributed by atoms with van der Waals surface area (Å²) in [5.41, 5.74) is 0.963. The molecule has 0 unspecified atom stereocenters. The lowest BCUT2D eigenvalue weighted by Crippen LogP contribution is -2.15. The monoisotopic (exact) mass is 179 g/mol. The summed E-state index contributed by atoms with van der Waals surface area (Å²) in [6.07, 6.45) is 6.18. The second kappa shape index (κ2) is 7.28. The molecule has 0 amide bonds. The van der Waals surface area contributed by atoms with E-state index in [2.05, 4.69) is 21.9 Å². The summed E-state index contributed by atoms with van der Waals surface area (Å²) in [5.74, 6) is 0.623. The van der Waals surface area contributed by atoms with Crippen molar-refractivity contribution in [2.24, 2.45) is 9.98 Å². The third kappa shape index (κ3) is 4.95. The summed E-state index contributed by atoms with van der Waals surface area (Å²) >= 11 is 0. The average Bonchev–Trinajstić information content (AvgIpc) is 2.16. The zero-order chi connectivity index (χ0) is 10.1. The molecule has 72 valence electrons. The fourth-order valence-corrected chi connectivity index (χ4v) is 0.778. The van der Waals surface area contributed by atoms with Crippen LogP contribution in [0.25, 0.3) is 0 Å². The molecule has 3 nitrogen and oxygen atoms in total. The van der Waals surface area contributed by atoms with E-state index < -0.39 is 0 Å². The standard InChI is InChI=1S/C10H17N3/c1-5-8-9(6-2)13-10(11-4)12-7-3/h5,7-8H,1,6H2,2-4H3,(H,11,13)/b9-8+,12-7-. The molecule has 0 aliphatic heterocycles. The van der Waals surface area contributed by atoms with E-state index >= 15 is 0 Å². The Morgan fingerprint density at radius 1 is 1.54 bits per heavy atom. The fraction of sp³-hybridized carbons (Fsp3) is 0.400. The van der Waals surface area contributed by atoms with E-state index in [0.29, 0.717) is 5.96 Å². The van der Waals surface area contributed by atoms with E-state index in [1.807, 2.05) is 19.9 Å². The van der Waals surface area contributed by atoms with Crippen molar-refractivity contribution in [1.82, 2.24) is 5.32 Å². The van der Waals surface area contributed by atoms with Crippen LogP contribution in [0.5, 0.6) is 0 Å². The van der Waals surface area contributed by atoms with Crippen molar-refractivity contribution in [2.75, 3.05) is 7.05 Å². The van der Waals surface area contributed by atoms with Gasteiger partial charge in [-0.25, -0.2) is 9.98 Å². The lowest BCUT2D eigenvalue weighted by Gasteiger charge is -2.00. The summed E-state index contributed by atoms with van der Waals surface area (Å²) < 4.78 is 0. The number of nitrogens with zero attached hydrogens (tertiary/aromatic N) is 2. The molecular weight excluding hydrogens is 162 g/mol. The number of rotatable bonds is 3. The second-order valence-corrected chi connectivity index (χ2v) is 2.32. The Bertz CT molecular complexity index is 237. The van der Waals surface area contributed by atoms with Gasteiger partial charge in [0.25, 0.3) is 0 Å². The van der Waals surface area contributed by atoms with E-state index in [-0.39, 0.29) is 0 Å². The zero-order valence-corrected chi connectivity index (χ0v) is 8.54. The molecule has 0 radical (unpaired) electrons. The van der Waals surface area contributed by atoms with Gasteiger partial charge in [0.2, 0.25) is 5.96 Å². The largest absolute Gasteiger partial charge is 0.357 e. The van der Waals surface area contributed by atoms with Crippen molar-refractivity contribution < 1.29 is 0 Å². The molecule has 0 spiro atoms. The molecule has 0 heterocycles. The smallest absolute Gasteiger partial charge is 0.222 e. The van der Waals surface area contributed by atoms with Gasteiger partial charge >= 0.3 is 0 Å². The normalized spacial score (nSPS) is 13.5. The maximum atomic E-state index is 4.29. The van der Waals surface area contributed by atoms with Gasteiger partial charge in [0.1, 0.15) is 0 Å². The summed E-state index contributed by atoms with van der Waals surface area (Å²) in [6, 6.07) is 0. The van der Waals surface area contributed by atoms with Crippen LogP contribution in [0.1, 0.15) is 20.3 Å². The van der Waals surface area contributed by atoms with Crippen LogP contribution in [0.15, 0.2) is 34.4 Å². The molecule has 0 bridgehead atoms. The Morgan fingerprint density at radius 2 is 2.23 bits per heavy atom. The third-order valence-corrected chi connectivity index (χ3v) is 1.40. The average molecular weight is 179 g/mol. The molecule has 0 aromatic carbocycles. The zero-order valence-electron chi connectivity index (χ0n) is 8.54. The molecule has 0 aliphatic carbocycles. The van der Waals surface area contributed by atoms with Crippen LogP contribution in [0.2, 0.25) is 0 Å². The molecule has 0 aromatic rings. The maximum absolute atomic E-state index is 4.29. The molecule has 0 fully saturated rings. The van der Waals surface area contributed by atoms with Crippen LogP contribution in [-0.2, 0) is 0 Å². The molecule has 0 atom stereocenters. The van der Waals surface area contributed by atoms with Crippen molar-refractivity contribution in [3.8, 4) is 0 Å². The van der Waals surface area contributed by atoms with Gasteiger partial charge in [-0.05, 0) is 19.4 Å². The topological polar surface area (TPSA) is 36.8 Å². The van der Waals surface area contributed by atoms with Gasteiger partial charge in [-0.1, -0.05) is 19.6 Å². The minimum atomic E-state index is 0.623. The summed E-state index contributed by atoms with van der Waals surface area (Å²) in [4.78, 5) is 8.34. The predicted molar refractivity (Wildman–Crippen MR) is 59.2 cm³/mol. The second-order valence-electron chi connectivity index (χ2n) is 2.32. The summed E-state index contributed by atoms with van der Waals surface area (Å²) in [5, 5.41) is 2.90. The van der Waals surface area contributed by atoms with E-state index in [9.17, 15) is 0 Å². The van der Waals surface area contributed by atoms with Crippen molar-refractivity contribution in [3.63, 3.8) is 0 Å². The van der Waals surface area contributed by atoms with E-state index in [1.165, 1.54) is 0 Å². The quantitative estimate of drug-likeness (QED) is 0.402. The lowest BCUT2D eigenvalue weighted by atomic mass is 10.3. The Morgan fingerprint density at radius 3 is 2.62 bits per heavy atom. The van der Waals surface area contributed by atoms with Crippen LogP contribution in [-0.4, -0.2) is 19.2 Å². The summed E-state index contributed by atoms with van der Waals surface area (Å²) in [6.45, 7) is 7.52. The number of allylic oxidation sites excluding steroid dienone is 3. The van der Waals surface area contributed by atoms with Crippen LogP contribution in [0.3, 0.4) is 0 Å². The molecule has 0 rings (SSSR count). The highest BCUT2D eigenvalue weighted by Gasteiger charge is 1.92. The Hall–Kier alpha value is -1.38. The third-order valence-electron chi connectivity index (χ3n) is 1.40. The van der Waals surface area contributed by atoms with Gasteiger partial charge in [0.15, 0.2) is 0 Å². The van der Waals surface area contributed by atoms with Crippen molar-refractivity contribution in [2.45, 2.75) is 20.3 Å². The van der Waals surface area contributed by atoms with Gasteiger partial charge in [0.05, 0.1) is 0 Å². The Kier molecular flexibility index (Phi) is 6.51. The molecule has 0 aromatic heterocycles. The van der Waals surface area contributed by atoms with Gasteiger partial charge in [-0.15, -0.1) is 0 Å². The minimum absolute atomic E-state index is 0.623. The fourth-order valence-electron chi connectivity index (χ4n) is 0.778. The Labute approximate surface area is 80.0 Å². The molecule has 0 aliphatic rings. The van der Waals surface area contributed by atoms with Gasteiger partial charge in [-0.2, -0.15) is 0 Å². The number of nitrogens with one attached hydrogen (secondary N) is 1. The van der Waals surface area contributed by atoms with Crippen LogP contribution in [0.4, 0.5) is 0 Å². The highest BCUT2D eigenvalue weighted by atomic mass is 15.1. The Balaban J connectivity index is 4.63. The van der Waals surface area contributed by atoms with Crippen LogP contribution < -0.4 is 5.32 Å². The van der Waals surface area contributed by atoms with Crippen LogP contribution in [0, 0.1) is 0 Å². The maximum Gasteiger partial charge on any atom is 0.222 e. The van der Waals surface area contributed by atoms with E-state index in [0.717, 1.165) is 12.1 Å². The molecular formula is C10H17N3. The number of guanidine groups is 1. The first kappa shape index (κ1) is 11.6. The van der Waals surface area contributed by atoms with E-state index in [4.69, 9.17) is 0 Å². The number of hydrogen-bond donors (Lipinski definition) is 1.